The van der Waals surface area contributed by atoms with Gasteiger partial charge >= 0.3 is 12.1 Å². The van der Waals surface area contributed by atoms with Gasteiger partial charge in [0.1, 0.15) is 0 Å². The number of amides is 2. The van der Waals surface area contributed by atoms with Crippen molar-refractivity contribution in [1.82, 2.24) is 5.43 Å². The van der Waals surface area contributed by atoms with Crippen molar-refractivity contribution >= 4 is 23.2 Å². The zero-order chi connectivity index (χ0) is 19.6. The highest BCUT2D eigenvalue weighted by Crippen LogP contribution is 2.18. The predicted octanol–water partition coefficient (Wildman–Crippen LogP) is 4.39. The summed E-state index contributed by atoms with van der Waals surface area (Å²) in [5.74, 6) is -2.20. The summed E-state index contributed by atoms with van der Waals surface area (Å²) in [5, 5.41) is 5.75. The molecule has 0 bridgehead atoms. The summed E-state index contributed by atoms with van der Waals surface area (Å²) in [7, 11) is 0. The molecule has 26 heavy (non-hydrogen) atoms. The van der Waals surface area contributed by atoms with Gasteiger partial charge in [-0.1, -0.05) is 44.7 Å². The topological polar surface area (TPSA) is 70.6 Å². The Labute approximate surface area is 151 Å². The fourth-order valence-corrected chi connectivity index (χ4v) is 2.15. The molecule has 1 aromatic rings. The smallest absolute Gasteiger partial charge is 0.318 e. The van der Waals surface area contributed by atoms with Gasteiger partial charge < -0.3 is 5.32 Å². The third-order valence-corrected chi connectivity index (χ3v) is 3.67. The Hall–Kier alpha value is -2.38. The van der Waals surface area contributed by atoms with E-state index in [2.05, 4.69) is 17.5 Å². The molecule has 0 heterocycles. The summed E-state index contributed by atoms with van der Waals surface area (Å²) >= 11 is 0. The molecule has 8 heteroatoms. The van der Waals surface area contributed by atoms with Gasteiger partial charge in [0.15, 0.2) is 0 Å². The maximum Gasteiger partial charge on any atom is 0.471 e. The van der Waals surface area contributed by atoms with Gasteiger partial charge in [0, 0.05) is 12.1 Å². The lowest BCUT2D eigenvalue weighted by molar-refractivity contribution is -0.167. The average molecular weight is 371 g/mol. The number of nitrogens with zero attached hydrogens (tertiary/aromatic N) is 1. The maximum atomic E-state index is 12.2. The standard InChI is InChI=1S/C18H24F3N3O2/c1-3-4-5-6-7-8-16(25)24-23-13(2)14-9-11-15(12-10-14)22-17(26)18(19,20)21/h9-12H,3-8H2,1-2H3,(H,22,26)(H,24,25)/b23-13-. The lowest BCUT2D eigenvalue weighted by Gasteiger charge is -2.08. The first kappa shape index (κ1) is 21.7. The lowest BCUT2D eigenvalue weighted by Crippen LogP contribution is -2.29. The summed E-state index contributed by atoms with van der Waals surface area (Å²) < 4.78 is 36.6. The molecular formula is C18H24F3N3O2. The summed E-state index contributed by atoms with van der Waals surface area (Å²) in [4.78, 5) is 22.6. The van der Waals surface area contributed by atoms with E-state index in [9.17, 15) is 22.8 Å². The number of hydrazone groups is 1. The summed E-state index contributed by atoms with van der Waals surface area (Å²) in [6.07, 6.45) is 0.721. The molecule has 0 spiro atoms. The number of anilines is 1. The van der Waals surface area contributed by atoms with Gasteiger partial charge in [-0.05, 0) is 31.0 Å². The molecule has 0 unspecified atom stereocenters. The van der Waals surface area contributed by atoms with Crippen molar-refractivity contribution in [3.05, 3.63) is 29.8 Å². The number of rotatable bonds is 9. The third kappa shape index (κ3) is 8.13. The molecule has 0 aliphatic heterocycles. The van der Waals surface area contributed by atoms with Gasteiger partial charge in [0.05, 0.1) is 5.71 Å². The fourth-order valence-electron chi connectivity index (χ4n) is 2.15. The average Bonchev–Trinajstić information content (AvgIpc) is 2.59. The Morgan fingerprint density at radius 3 is 2.23 bits per heavy atom. The second-order valence-electron chi connectivity index (χ2n) is 5.93. The molecule has 5 nitrogen and oxygen atoms in total. The van der Waals surface area contributed by atoms with Crippen molar-refractivity contribution in [2.24, 2.45) is 5.10 Å². The number of nitrogens with one attached hydrogen (secondary N) is 2. The molecule has 144 valence electrons. The van der Waals surface area contributed by atoms with Crippen LogP contribution in [0.15, 0.2) is 29.4 Å². The second-order valence-corrected chi connectivity index (χ2v) is 5.93. The molecule has 0 radical (unpaired) electrons. The van der Waals surface area contributed by atoms with E-state index in [0.717, 1.165) is 32.1 Å². The van der Waals surface area contributed by atoms with E-state index < -0.39 is 12.1 Å². The van der Waals surface area contributed by atoms with Crippen LogP contribution in [0, 0.1) is 0 Å². The first-order chi connectivity index (χ1) is 12.2. The summed E-state index contributed by atoms with van der Waals surface area (Å²) in [6.45, 7) is 3.80. The van der Waals surface area contributed by atoms with E-state index >= 15 is 0 Å². The van der Waals surface area contributed by atoms with Crippen LogP contribution < -0.4 is 10.7 Å². The molecule has 1 aromatic carbocycles. The quantitative estimate of drug-likeness (QED) is 0.384. The van der Waals surface area contributed by atoms with Crippen molar-refractivity contribution in [2.75, 3.05) is 5.32 Å². The largest absolute Gasteiger partial charge is 0.471 e. The number of halogens is 3. The molecule has 2 N–H and O–H groups in total. The second kappa shape index (κ2) is 10.6. The number of carbonyl (C=O) groups excluding carboxylic acids is 2. The molecular weight excluding hydrogens is 347 g/mol. The van der Waals surface area contributed by atoms with Crippen LogP contribution in [-0.4, -0.2) is 23.7 Å². The van der Waals surface area contributed by atoms with Crippen molar-refractivity contribution < 1.29 is 22.8 Å². The van der Waals surface area contributed by atoms with E-state index in [1.54, 1.807) is 12.2 Å². The SMILES string of the molecule is CCCCCCCC(=O)N/N=C(/C)c1ccc(NC(=O)C(F)(F)F)cc1. The molecule has 0 saturated carbocycles. The van der Waals surface area contributed by atoms with Crippen molar-refractivity contribution in [3.63, 3.8) is 0 Å². The van der Waals surface area contributed by atoms with E-state index in [1.165, 1.54) is 24.3 Å². The Morgan fingerprint density at radius 2 is 1.65 bits per heavy atom. The molecule has 1 rings (SSSR count). The highest BCUT2D eigenvalue weighted by Gasteiger charge is 2.38. The Balaban J connectivity index is 2.49. The highest BCUT2D eigenvalue weighted by atomic mass is 19.4. The van der Waals surface area contributed by atoms with Gasteiger partial charge in [-0.25, -0.2) is 5.43 Å². The third-order valence-electron chi connectivity index (χ3n) is 3.67. The zero-order valence-corrected chi connectivity index (χ0v) is 14.9. The number of hydrogen-bond acceptors (Lipinski definition) is 3. The van der Waals surface area contributed by atoms with Gasteiger partial charge in [0.2, 0.25) is 5.91 Å². The monoisotopic (exact) mass is 371 g/mol. The molecule has 0 fully saturated rings. The number of hydrogen-bond donors (Lipinski definition) is 2. The lowest BCUT2D eigenvalue weighted by atomic mass is 10.1. The van der Waals surface area contributed by atoms with Crippen molar-refractivity contribution in [3.8, 4) is 0 Å². The van der Waals surface area contributed by atoms with Gasteiger partial charge in [-0.2, -0.15) is 18.3 Å². The number of alkyl halides is 3. The van der Waals surface area contributed by atoms with Crippen LogP contribution in [0.25, 0.3) is 0 Å². The van der Waals surface area contributed by atoms with Gasteiger partial charge in [0.25, 0.3) is 0 Å². The number of unbranched alkanes of at least 4 members (excludes halogenated alkanes) is 4. The van der Waals surface area contributed by atoms with Crippen LogP contribution >= 0.6 is 0 Å². The van der Waals surface area contributed by atoms with Crippen LogP contribution in [0.1, 0.15) is 57.9 Å². The van der Waals surface area contributed by atoms with Crippen molar-refractivity contribution in [1.29, 1.82) is 0 Å². The molecule has 0 aromatic heterocycles. The van der Waals surface area contributed by atoms with E-state index in [4.69, 9.17) is 0 Å². The van der Waals surface area contributed by atoms with Gasteiger partial charge in [-0.15, -0.1) is 0 Å². The minimum atomic E-state index is -4.93. The molecule has 0 aliphatic rings. The Morgan fingerprint density at radius 1 is 1.04 bits per heavy atom. The Kier molecular flexibility index (Phi) is 8.81. The normalized spacial score (nSPS) is 12.0. The van der Waals surface area contributed by atoms with E-state index in [-0.39, 0.29) is 11.6 Å². The molecule has 0 atom stereocenters. The van der Waals surface area contributed by atoms with Crippen LogP contribution in [-0.2, 0) is 9.59 Å². The predicted molar refractivity (Wildman–Crippen MR) is 94.9 cm³/mol. The molecule has 0 aliphatic carbocycles. The highest BCUT2D eigenvalue weighted by molar-refractivity contribution is 6.00. The minimum Gasteiger partial charge on any atom is -0.318 e. The first-order valence-corrected chi connectivity index (χ1v) is 8.55. The van der Waals surface area contributed by atoms with E-state index in [0.29, 0.717) is 17.7 Å². The Bertz CT molecular complexity index is 626. The van der Waals surface area contributed by atoms with Crippen LogP contribution in [0.5, 0.6) is 0 Å². The van der Waals surface area contributed by atoms with Crippen molar-refractivity contribution in [2.45, 2.75) is 58.5 Å². The summed E-state index contributed by atoms with van der Waals surface area (Å²) in [6, 6.07) is 5.71. The van der Waals surface area contributed by atoms with Gasteiger partial charge in [-0.3, -0.25) is 9.59 Å². The molecule has 2 amide bonds. The van der Waals surface area contributed by atoms with E-state index in [1.807, 2.05) is 0 Å². The maximum absolute atomic E-state index is 12.2. The van der Waals surface area contributed by atoms with Crippen LogP contribution in [0.3, 0.4) is 0 Å². The summed E-state index contributed by atoms with van der Waals surface area (Å²) in [5.41, 5.74) is 3.63. The molecule has 0 saturated heterocycles. The first-order valence-electron chi connectivity index (χ1n) is 8.55. The number of benzene rings is 1. The fraction of sp³-hybridized carbons (Fsp3) is 0.500. The van der Waals surface area contributed by atoms with Crippen LogP contribution in [0.4, 0.5) is 18.9 Å². The minimum absolute atomic E-state index is 0.0278. The number of carbonyl (C=O) groups is 2. The zero-order valence-electron chi connectivity index (χ0n) is 14.9. The van der Waals surface area contributed by atoms with Crippen LogP contribution in [0.2, 0.25) is 0 Å².